The van der Waals surface area contributed by atoms with Crippen LogP contribution in [0.1, 0.15) is 34.5 Å². The Morgan fingerprint density at radius 3 is 2.66 bits per heavy atom. The van der Waals surface area contributed by atoms with Crippen LogP contribution in [0.2, 0.25) is 0 Å². The number of carbonyl (C=O) groups excluding carboxylic acids is 4. The summed E-state index contributed by atoms with van der Waals surface area (Å²) in [7, 11) is 1.55. The summed E-state index contributed by atoms with van der Waals surface area (Å²) in [4.78, 5) is 54.3. The smallest absolute Gasteiger partial charge is 0.268 e. The summed E-state index contributed by atoms with van der Waals surface area (Å²) in [6, 6.07) is 12.7. The van der Waals surface area contributed by atoms with Crippen molar-refractivity contribution in [2.24, 2.45) is 11.7 Å². The van der Waals surface area contributed by atoms with Gasteiger partial charge in [-0.05, 0) is 54.2 Å². The van der Waals surface area contributed by atoms with Gasteiger partial charge >= 0.3 is 0 Å². The van der Waals surface area contributed by atoms with Crippen LogP contribution in [0, 0.1) is 5.92 Å². The number of nitrogens with two attached hydrogens (primary N) is 1. The minimum atomic E-state index is -1.07. The number of rotatable bonds is 9. The topological polar surface area (TPSA) is 155 Å². The van der Waals surface area contributed by atoms with Crippen molar-refractivity contribution in [1.29, 1.82) is 0 Å². The van der Waals surface area contributed by atoms with Gasteiger partial charge in [0.2, 0.25) is 17.7 Å². The minimum Gasteiger partial charge on any atom is -0.496 e. The molecule has 3 atom stereocenters. The summed E-state index contributed by atoms with van der Waals surface area (Å²) >= 11 is 0. The molecule has 10 nitrogen and oxygen atoms in total. The number of fused-ring (bicyclic) bond motifs is 2. The van der Waals surface area contributed by atoms with Crippen LogP contribution in [0.5, 0.6) is 5.75 Å². The molecule has 38 heavy (non-hydrogen) atoms. The molecule has 0 spiro atoms. The summed E-state index contributed by atoms with van der Waals surface area (Å²) in [5.41, 5.74) is 9.22. The zero-order chi connectivity index (χ0) is 26.8. The Balaban J connectivity index is 1.40. The van der Waals surface area contributed by atoms with Gasteiger partial charge in [0.15, 0.2) is 0 Å². The largest absolute Gasteiger partial charge is 0.496 e. The first-order valence-corrected chi connectivity index (χ1v) is 12.5. The van der Waals surface area contributed by atoms with Crippen molar-refractivity contribution in [3.63, 3.8) is 0 Å². The maximum Gasteiger partial charge on any atom is 0.268 e. The van der Waals surface area contributed by atoms with Crippen molar-refractivity contribution in [2.45, 2.75) is 31.3 Å². The number of primary amides is 1. The van der Waals surface area contributed by atoms with Crippen LogP contribution < -0.4 is 26.4 Å². The molecule has 2 aliphatic rings. The lowest BCUT2D eigenvalue weighted by atomic mass is 9.97. The maximum atomic E-state index is 13.6. The highest BCUT2D eigenvalue weighted by Gasteiger charge is 2.34. The third-order valence-electron chi connectivity index (χ3n) is 7.13. The fourth-order valence-electron chi connectivity index (χ4n) is 5.11. The normalized spacial score (nSPS) is 17.8. The van der Waals surface area contributed by atoms with Gasteiger partial charge < -0.3 is 31.4 Å². The Morgan fingerprint density at radius 1 is 1.13 bits per heavy atom. The zero-order valence-corrected chi connectivity index (χ0v) is 20.9. The van der Waals surface area contributed by atoms with Crippen molar-refractivity contribution in [2.75, 3.05) is 13.7 Å². The Labute approximate surface area is 219 Å². The summed E-state index contributed by atoms with van der Waals surface area (Å²) < 4.78 is 5.39. The average molecular weight is 516 g/mol. The molecular formula is C28H29N5O5. The highest BCUT2D eigenvalue weighted by molar-refractivity contribution is 6.03. The molecule has 6 N–H and O–H groups in total. The van der Waals surface area contributed by atoms with E-state index in [0.29, 0.717) is 36.2 Å². The second-order valence-corrected chi connectivity index (χ2v) is 9.58. The van der Waals surface area contributed by atoms with E-state index < -0.39 is 35.7 Å². The van der Waals surface area contributed by atoms with Crippen LogP contribution in [-0.2, 0) is 20.8 Å². The molecule has 10 heteroatoms. The molecule has 0 bridgehead atoms. The fourth-order valence-corrected chi connectivity index (χ4v) is 5.11. The lowest BCUT2D eigenvalue weighted by molar-refractivity contribution is -0.129. The van der Waals surface area contributed by atoms with Gasteiger partial charge in [0.1, 0.15) is 23.5 Å². The predicted octanol–water partition coefficient (Wildman–Crippen LogP) is 1.41. The summed E-state index contributed by atoms with van der Waals surface area (Å²) in [6.07, 6.45) is 2.98. The molecule has 0 saturated carbocycles. The van der Waals surface area contributed by atoms with Gasteiger partial charge in [0.25, 0.3) is 5.91 Å². The summed E-state index contributed by atoms with van der Waals surface area (Å²) in [5, 5.41) is 8.98. The number of benzene rings is 2. The second kappa shape index (κ2) is 10.4. The number of carbonyl (C=O) groups is 4. The fraction of sp³-hybridized carbons (Fsp3) is 0.286. The van der Waals surface area contributed by atoms with E-state index in [1.54, 1.807) is 19.2 Å². The molecular weight excluding hydrogens is 486 g/mol. The number of hydrogen-bond acceptors (Lipinski definition) is 5. The van der Waals surface area contributed by atoms with Gasteiger partial charge in [-0.2, -0.15) is 0 Å². The lowest BCUT2D eigenvalue weighted by Crippen LogP contribution is -2.54. The molecule has 0 radical (unpaired) electrons. The molecule has 3 aromatic rings. The van der Waals surface area contributed by atoms with Gasteiger partial charge in [-0.25, -0.2) is 0 Å². The van der Waals surface area contributed by atoms with E-state index in [-0.39, 0.29) is 18.0 Å². The van der Waals surface area contributed by atoms with E-state index in [9.17, 15) is 19.2 Å². The van der Waals surface area contributed by atoms with E-state index in [2.05, 4.69) is 20.9 Å². The summed E-state index contributed by atoms with van der Waals surface area (Å²) in [6.45, 7) is 0.516. The zero-order valence-electron chi connectivity index (χ0n) is 20.9. The quantitative estimate of drug-likeness (QED) is 0.291. The Morgan fingerprint density at radius 2 is 1.95 bits per heavy atom. The van der Waals surface area contributed by atoms with Crippen LogP contribution >= 0.6 is 0 Å². The van der Waals surface area contributed by atoms with Gasteiger partial charge in [-0.15, -0.1) is 0 Å². The summed E-state index contributed by atoms with van der Waals surface area (Å²) in [5.74, 6) is -1.79. The first-order valence-electron chi connectivity index (χ1n) is 12.5. The van der Waals surface area contributed by atoms with E-state index in [4.69, 9.17) is 10.5 Å². The highest BCUT2D eigenvalue weighted by Crippen LogP contribution is 2.29. The molecule has 4 amide bonds. The lowest BCUT2D eigenvalue weighted by Gasteiger charge is -2.24. The standard InChI is InChI=1S/C28H29N5O5/c1-38-23-8-4-7-20-19(23)14-22(31-20)27(36)33-24(18-11-15-5-2-3-6-16(15)12-18)28(37)32-21(25(29)34)13-17-9-10-30-26(17)35/h2-8,11,14,17,21,24,31H,9-10,12-13H2,1H3,(H2,29,34)(H,30,35)(H,32,37)(H,33,36)/t17-,21-,24-/m0/s1. The minimum absolute atomic E-state index is 0.0919. The van der Waals surface area contributed by atoms with E-state index in [1.807, 2.05) is 42.5 Å². The number of nitrogens with one attached hydrogen (secondary N) is 4. The number of aromatic nitrogens is 1. The van der Waals surface area contributed by atoms with E-state index in [0.717, 1.165) is 16.5 Å². The van der Waals surface area contributed by atoms with Gasteiger partial charge in [-0.3, -0.25) is 19.2 Å². The maximum absolute atomic E-state index is 13.6. The molecule has 1 fully saturated rings. The molecule has 196 valence electrons. The van der Waals surface area contributed by atoms with Crippen LogP contribution in [0.25, 0.3) is 17.0 Å². The van der Waals surface area contributed by atoms with Gasteiger partial charge in [0, 0.05) is 23.4 Å². The van der Waals surface area contributed by atoms with Crippen molar-refractivity contribution in [3.05, 3.63) is 70.9 Å². The number of aromatic amines is 1. The number of ether oxygens (including phenoxy) is 1. The third-order valence-corrected chi connectivity index (χ3v) is 7.13. The van der Waals surface area contributed by atoms with E-state index >= 15 is 0 Å². The number of H-pyrrole nitrogens is 1. The number of amides is 4. The first-order chi connectivity index (χ1) is 18.3. The molecule has 0 unspecified atom stereocenters. The van der Waals surface area contributed by atoms with Crippen molar-refractivity contribution in [1.82, 2.24) is 20.9 Å². The molecule has 2 heterocycles. The second-order valence-electron chi connectivity index (χ2n) is 9.58. The van der Waals surface area contributed by atoms with Crippen LogP contribution in [0.15, 0.2) is 54.1 Å². The van der Waals surface area contributed by atoms with Crippen LogP contribution in [-0.4, -0.2) is 54.4 Å². The van der Waals surface area contributed by atoms with Crippen molar-refractivity contribution in [3.8, 4) is 5.75 Å². The molecule has 1 saturated heterocycles. The predicted molar refractivity (Wildman–Crippen MR) is 141 cm³/mol. The molecule has 2 aromatic carbocycles. The Hall–Kier alpha value is -4.60. The van der Waals surface area contributed by atoms with Crippen LogP contribution in [0.4, 0.5) is 0 Å². The molecule has 1 aromatic heterocycles. The third kappa shape index (κ3) is 4.97. The molecule has 5 rings (SSSR count). The van der Waals surface area contributed by atoms with Gasteiger partial charge in [0.05, 0.1) is 7.11 Å². The SMILES string of the molecule is COc1cccc2[nH]c(C(=O)N[C@H](C(=O)N[C@@H](C[C@@H]3CCNC3=O)C(N)=O)C3=Cc4ccccc4C3)cc12. The van der Waals surface area contributed by atoms with E-state index in [1.165, 1.54) is 0 Å². The molecule has 1 aliphatic carbocycles. The average Bonchev–Trinajstić information content (AvgIpc) is 3.64. The van der Waals surface area contributed by atoms with Crippen LogP contribution in [0.3, 0.4) is 0 Å². The van der Waals surface area contributed by atoms with Crippen molar-refractivity contribution >= 4 is 40.6 Å². The van der Waals surface area contributed by atoms with Crippen molar-refractivity contribution < 1.29 is 23.9 Å². The number of methoxy groups -OCH3 is 1. The highest BCUT2D eigenvalue weighted by atomic mass is 16.5. The Bertz CT molecular complexity index is 1460. The number of hydrogen-bond donors (Lipinski definition) is 5. The van der Waals surface area contributed by atoms with Gasteiger partial charge in [-0.1, -0.05) is 36.4 Å². The monoisotopic (exact) mass is 515 g/mol. The first kappa shape index (κ1) is 25.1. The molecule has 1 aliphatic heterocycles. The Kier molecular flexibility index (Phi) is 6.87.